The summed E-state index contributed by atoms with van der Waals surface area (Å²) < 4.78 is 5.09. The first kappa shape index (κ1) is 13.6. The van der Waals surface area contributed by atoms with Crippen molar-refractivity contribution in [3.05, 3.63) is 11.9 Å². The molecule has 0 amide bonds. The number of hydrogen-bond acceptors (Lipinski definition) is 5. The topological polar surface area (TPSA) is 64.3 Å². The predicted molar refractivity (Wildman–Crippen MR) is 79.4 cm³/mol. The highest BCUT2D eigenvalue weighted by Gasteiger charge is 2.39. The van der Waals surface area contributed by atoms with E-state index in [4.69, 9.17) is 10.5 Å². The minimum absolute atomic E-state index is 0.403. The van der Waals surface area contributed by atoms with E-state index in [1.54, 1.807) is 7.11 Å². The van der Waals surface area contributed by atoms with Gasteiger partial charge < -0.3 is 15.4 Å². The van der Waals surface area contributed by atoms with Crippen LogP contribution in [0.1, 0.15) is 31.5 Å². The Morgan fingerprint density at radius 3 is 2.85 bits per heavy atom. The molecule has 0 radical (unpaired) electrons. The number of aromatic nitrogens is 2. The van der Waals surface area contributed by atoms with Gasteiger partial charge in [-0.05, 0) is 37.0 Å². The molecular weight excluding hydrogens is 252 g/mol. The van der Waals surface area contributed by atoms with Gasteiger partial charge in [0.1, 0.15) is 18.2 Å². The summed E-state index contributed by atoms with van der Waals surface area (Å²) in [4.78, 5) is 11.0. The summed E-state index contributed by atoms with van der Waals surface area (Å²) in [5.41, 5.74) is 5.86. The van der Waals surface area contributed by atoms with E-state index in [2.05, 4.69) is 21.9 Å². The zero-order valence-corrected chi connectivity index (χ0v) is 12.4. The summed E-state index contributed by atoms with van der Waals surface area (Å²) in [5.74, 6) is 4.82. The molecule has 1 aromatic rings. The molecule has 2 bridgehead atoms. The summed E-state index contributed by atoms with van der Waals surface area (Å²) in [5, 5.41) is 0. The highest BCUT2D eigenvalue weighted by molar-refractivity contribution is 5.46. The molecule has 0 spiro atoms. The molecule has 2 N–H and O–H groups in total. The van der Waals surface area contributed by atoms with Crippen molar-refractivity contribution in [2.75, 3.05) is 31.3 Å². The van der Waals surface area contributed by atoms with Gasteiger partial charge in [0.05, 0.1) is 0 Å². The van der Waals surface area contributed by atoms with Gasteiger partial charge >= 0.3 is 0 Å². The molecule has 20 heavy (non-hydrogen) atoms. The maximum atomic E-state index is 5.86. The lowest BCUT2D eigenvalue weighted by Crippen LogP contribution is -2.29. The lowest BCUT2D eigenvalue weighted by atomic mass is 9.88. The molecule has 2 fully saturated rings. The second-order valence-electron chi connectivity index (χ2n) is 6.32. The Morgan fingerprint density at radius 1 is 1.35 bits per heavy atom. The quantitative estimate of drug-likeness (QED) is 0.892. The van der Waals surface area contributed by atoms with Crippen LogP contribution in [-0.4, -0.2) is 30.7 Å². The van der Waals surface area contributed by atoms with Crippen LogP contribution in [0.2, 0.25) is 0 Å². The first-order valence-electron chi connectivity index (χ1n) is 7.49. The van der Waals surface area contributed by atoms with Crippen LogP contribution in [0.4, 0.5) is 11.6 Å². The minimum Gasteiger partial charge on any atom is -0.384 e. The molecule has 2 aliphatic carbocycles. The normalized spacial score (nSPS) is 28.0. The maximum Gasteiger partial charge on any atom is 0.158 e. The highest BCUT2D eigenvalue weighted by atomic mass is 16.5. The van der Waals surface area contributed by atoms with Crippen LogP contribution < -0.4 is 10.6 Å². The first-order valence-corrected chi connectivity index (χ1v) is 7.49. The Labute approximate surface area is 120 Å². The SMILES string of the molecule is COCc1nc(N)cc(N(C)CC2CC3CCC2C3)n1. The van der Waals surface area contributed by atoms with Crippen molar-refractivity contribution in [1.29, 1.82) is 0 Å². The van der Waals surface area contributed by atoms with Crippen LogP contribution in [-0.2, 0) is 11.3 Å². The van der Waals surface area contributed by atoms with Gasteiger partial charge in [0, 0.05) is 26.8 Å². The molecule has 5 heteroatoms. The van der Waals surface area contributed by atoms with Gasteiger partial charge in [-0.15, -0.1) is 0 Å². The molecule has 1 aromatic heterocycles. The van der Waals surface area contributed by atoms with Crippen LogP contribution >= 0.6 is 0 Å². The Balaban J connectivity index is 1.68. The van der Waals surface area contributed by atoms with E-state index in [0.29, 0.717) is 18.2 Å². The number of anilines is 2. The van der Waals surface area contributed by atoms with Gasteiger partial charge in [-0.25, -0.2) is 9.97 Å². The van der Waals surface area contributed by atoms with Crippen molar-refractivity contribution in [2.45, 2.75) is 32.3 Å². The third-order valence-electron chi connectivity index (χ3n) is 4.84. The van der Waals surface area contributed by atoms with Crippen molar-refractivity contribution >= 4 is 11.6 Å². The van der Waals surface area contributed by atoms with Crippen LogP contribution in [0.25, 0.3) is 0 Å². The minimum atomic E-state index is 0.403. The van der Waals surface area contributed by atoms with Gasteiger partial charge in [-0.3, -0.25) is 0 Å². The standard InChI is InChI=1S/C15H24N4O/c1-19(8-12-6-10-3-4-11(12)5-10)15-7-13(16)17-14(18-15)9-20-2/h7,10-12H,3-6,8-9H2,1-2H3,(H2,16,17,18). The number of fused-ring (bicyclic) bond motifs is 2. The summed E-state index contributed by atoms with van der Waals surface area (Å²) in [6, 6.07) is 1.85. The number of hydrogen-bond donors (Lipinski definition) is 1. The lowest BCUT2D eigenvalue weighted by Gasteiger charge is -2.28. The Bertz CT molecular complexity index is 479. The Morgan fingerprint density at radius 2 is 2.20 bits per heavy atom. The van der Waals surface area contributed by atoms with Gasteiger partial charge in [0.25, 0.3) is 0 Å². The van der Waals surface area contributed by atoms with E-state index in [1.165, 1.54) is 25.7 Å². The van der Waals surface area contributed by atoms with Gasteiger partial charge in [-0.2, -0.15) is 0 Å². The van der Waals surface area contributed by atoms with Crippen LogP contribution in [0.15, 0.2) is 6.07 Å². The summed E-state index contributed by atoms with van der Waals surface area (Å²) >= 11 is 0. The molecule has 3 rings (SSSR count). The molecule has 5 nitrogen and oxygen atoms in total. The summed E-state index contributed by atoms with van der Waals surface area (Å²) in [6.07, 6.45) is 5.70. The molecule has 2 saturated carbocycles. The third kappa shape index (κ3) is 2.73. The van der Waals surface area contributed by atoms with Crippen molar-refractivity contribution in [3.63, 3.8) is 0 Å². The monoisotopic (exact) mass is 276 g/mol. The molecule has 3 atom stereocenters. The molecule has 0 saturated heterocycles. The smallest absolute Gasteiger partial charge is 0.158 e. The largest absolute Gasteiger partial charge is 0.384 e. The van der Waals surface area contributed by atoms with E-state index in [9.17, 15) is 0 Å². The maximum absolute atomic E-state index is 5.86. The number of nitrogens with two attached hydrogens (primary N) is 1. The van der Waals surface area contributed by atoms with Crippen LogP contribution in [0, 0.1) is 17.8 Å². The molecule has 3 unspecified atom stereocenters. The molecule has 1 heterocycles. The Hall–Kier alpha value is -1.36. The zero-order chi connectivity index (χ0) is 14.1. The predicted octanol–water partition coefficient (Wildman–Crippen LogP) is 2.08. The van der Waals surface area contributed by atoms with Crippen LogP contribution in [0.5, 0.6) is 0 Å². The molecule has 2 aliphatic rings. The second-order valence-corrected chi connectivity index (χ2v) is 6.32. The molecule has 110 valence electrons. The van der Waals surface area contributed by atoms with Crippen molar-refractivity contribution in [1.82, 2.24) is 9.97 Å². The van der Waals surface area contributed by atoms with E-state index < -0.39 is 0 Å². The average Bonchev–Trinajstić information content (AvgIpc) is 3.00. The van der Waals surface area contributed by atoms with E-state index in [1.807, 2.05) is 6.07 Å². The van der Waals surface area contributed by atoms with Gasteiger partial charge in [-0.1, -0.05) is 6.42 Å². The zero-order valence-electron chi connectivity index (χ0n) is 12.4. The van der Waals surface area contributed by atoms with Crippen molar-refractivity contribution in [3.8, 4) is 0 Å². The number of rotatable bonds is 5. The fourth-order valence-corrected chi connectivity index (χ4v) is 3.94. The lowest BCUT2D eigenvalue weighted by molar-refractivity contribution is 0.178. The van der Waals surface area contributed by atoms with E-state index in [-0.39, 0.29) is 0 Å². The molecule has 0 aromatic carbocycles. The first-order chi connectivity index (χ1) is 9.65. The van der Waals surface area contributed by atoms with Gasteiger partial charge in [0.2, 0.25) is 0 Å². The number of ether oxygens (including phenoxy) is 1. The van der Waals surface area contributed by atoms with E-state index >= 15 is 0 Å². The molecule has 0 aliphatic heterocycles. The van der Waals surface area contributed by atoms with Crippen molar-refractivity contribution in [2.24, 2.45) is 17.8 Å². The van der Waals surface area contributed by atoms with Crippen LogP contribution in [0.3, 0.4) is 0 Å². The van der Waals surface area contributed by atoms with E-state index in [0.717, 1.165) is 30.1 Å². The van der Waals surface area contributed by atoms with Gasteiger partial charge in [0.15, 0.2) is 5.82 Å². The fraction of sp³-hybridized carbons (Fsp3) is 0.733. The summed E-state index contributed by atoms with van der Waals surface area (Å²) in [6.45, 7) is 1.48. The number of methoxy groups -OCH3 is 1. The third-order valence-corrected chi connectivity index (χ3v) is 4.84. The Kier molecular flexibility index (Phi) is 3.78. The summed E-state index contributed by atoms with van der Waals surface area (Å²) in [7, 11) is 3.75. The molecular formula is C15H24N4O. The number of nitrogen functional groups attached to an aromatic ring is 1. The average molecular weight is 276 g/mol. The van der Waals surface area contributed by atoms with Crippen molar-refractivity contribution < 1.29 is 4.74 Å². The number of nitrogens with zero attached hydrogens (tertiary/aromatic N) is 3. The second kappa shape index (κ2) is 5.56. The fourth-order valence-electron chi connectivity index (χ4n) is 3.94. The highest BCUT2D eigenvalue weighted by Crippen LogP contribution is 2.48.